The van der Waals surface area contributed by atoms with Crippen molar-refractivity contribution in [2.45, 2.75) is 26.7 Å². The van der Waals surface area contributed by atoms with Crippen molar-refractivity contribution in [3.8, 4) is 0 Å². The van der Waals surface area contributed by atoms with Crippen molar-refractivity contribution < 1.29 is 0 Å². The first-order chi connectivity index (χ1) is 8.11. The number of hydrogen-bond acceptors (Lipinski definition) is 2. The second-order valence-electron chi connectivity index (χ2n) is 4.43. The lowest BCUT2D eigenvalue weighted by molar-refractivity contribution is 0.835. The van der Waals surface area contributed by atoms with Crippen molar-refractivity contribution in [2.75, 3.05) is 6.54 Å². The molecule has 0 saturated heterocycles. The lowest BCUT2D eigenvalue weighted by Crippen LogP contribution is -2.02. The topological polar surface area (TPSA) is 38.9 Å². The molecule has 0 fully saturated rings. The van der Waals surface area contributed by atoms with Crippen molar-refractivity contribution >= 4 is 22.5 Å². The molecule has 1 aromatic carbocycles. The van der Waals surface area contributed by atoms with Gasteiger partial charge in [-0.15, -0.1) is 0 Å². The maximum atomic E-state index is 6.12. The fraction of sp³-hybridized carbons (Fsp3) is 0.357. The summed E-state index contributed by atoms with van der Waals surface area (Å²) < 4.78 is 0. The summed E-state index contributed by atoms with van der Waals surface area (Å²) in [5.74, 6) is 0. The predicted octanol–water partition coefficient (Wildman–Crippen LogP) is 3.40. The minimum Gasteiger partial charge on any atom is -0.330 e. The van der Waals surface area contributed by atoms with Gasteiger partial charge in [0.25, 0.3) is 0 Å². The van der Waals surface area contributed by atoms with E-state index in [1.807, 2.05) is 26.0 Å². The Balaban J connectivity index is 2.64. The Bertz CT molecular complexity index is 549. The van der Waals surface area contributed by atoms with Crippen LogP contribution >= 0.6 is 11.6 Å². The van der Waals surface area contributed by atoms with Crippen LogP contribution in [0.25, 0.3) is 10.9 Å². The van der Waals surface area contributed by atoms with Gasteiger partial charge in [-0.1, -0.05) is 11.6 Å². The Hall–Kier alpha value is -1.12. The standard InChI is InChI=1S/C14H17ClN2/c1-9-6-12(15)8-13-11(4-3-5-16)7-10(2)17-14(9)13/h6-8H,3-5,16H2,1-2H3. The molecule has 0 atom stereocenters. The average molecular weight is 249 g/mol. The number of halogens is 1. The van der Waals surface area contributed by atoms with Crippen molar-refractivity contribution in [1.29, 1.82) is 0 Å². The molecular formula is C14H17ClN2. The average Bonchev–Trinajstić information content (AvgIpc) is 2.27. The fourth-order valence-corrected chi connectivity index (χ4v) is 2.44. The summed E-state index contributed by atoms with van der Waals surface area (Å²) in [6, 6.07) is 6.10. The summed E-state index contributed by atoms with van der Waals surface area (Å²) in [6.07, 6.45) is 1.97. The SMILES string of the molecule is Cc1cc(CCCN)c2cc(Cl)cc(C)c2n1. The van der Waals surface area contributed by atoms with Crippen LogP contribution < -0.4 is 5.73 Å². The van der Waals surface area contributed by atoms with Gasteiger partial charge in [0.1, 0.15) is 0 Å². The van der Waals surface area contributed by atoms with Gasteiger partial charge in [-0.3, -0.25) is 4.98 Å². The summed E-state index contributed by atoms with van der Waals surface area (Å²) in [5.41, 5.74) is 10.1. The predicted molar refractivity (Wildman–Crippen MR) is 73.6 cm³/mol. The number of nitrogens with zero attached hydrogens (tertiary/aromatic N) is 1. The van der Waals surface area contributed by atoms with Gasteiger partial charge in [0.05, 0.1) is 5.52 Å². The number of rotatable bonds is 3. The fourth-order valence-electron chi connectivity index (χ4n) is 2.17. The van der Waals surface area contributed by atoms with Crippen molar-refractivity contribution in [3.05, 3.63) is 40.0 Å². The maximum Gasteiger partial charge on any atom is 0.0738 e. The highest BCUT2D eigenvalue weighted by Crippen LogP contribution is 2.26. The molecule has 90 valence electrons. The van der Waals surface area contributed by atoms with E-state index in [0.717, 1.165) is 40.0 Å². The third-order valence-corrected chi connectivity index (χ3v) is 3.15. The lowest BCUT2D eigenvalue weighted by atomic mass is 10.0. The molecule has 2 aromatic rings. The molecule has 3 heteroatoms. The maximum absolute atomic E-state index is 6.12. The number of fused-ring (bicyclic) bond motifs is 1. The third kappa shape index (κ3) is 2.59. The molecule has 0 spiro atoms. The molecule has 0 saturated carbocycles. The molecule has 0 bridgehead atoms. The van der Waals surface area contributed by atoms with E-state index in [-0.39, 0.29) is 0 Å². The van der Waals surface area contributed by atoms with Crippen LogP contribution in [0.15, 0.2) is 18.2 Å². The normalized spacial score (nSPS) is 11.1. The first-order valence-corrected chi connectivity index (χ1v) is 6.26. The molecule has 0 aliphatic heterocycles. The van der Waals surface area contributed by atoms with E-state index in [1.54, 1.807) is 0 Å². The molecule has 0 aliphatic carbocycles. The monoisotopic (exact) mass is 248 g/mol. The third-order valence-electron chi connectivity index (χ3n) is 2.93. The first kappa shape index (κ1) is 12.3. The van der Waals surface area contributed by atoms with Crippen molar-refractivity contribution in [3.63, 3.8) is 0 Å². The highest BCUT2D eigenvalue weighted by atomic mass is 35.5. The van der Waals surface area contributed by atoms with Gasteiger partial charge in [-0.05, 0) is 62.6 Å². The molecular weight excluding hydrogens is 232 g/mol. The summed E-state index contributed by atoms with van der Waals surface area (Å²) >= 11 is 6.12. The molecule has 0 amide bonds. The van der Waals surface area contributed by atoms with E-state index in [1.165, 1.54) is 5.56 Å². The van der Waals surface area contributed by atoms with Crippen LogP contribution in [0.5, 0.6) is 0 Å². The minimum atomic E-state index is 0.711. The van der Waals surface area contributed by atoms with Crippen LogP contribution in [0, 0.1) is 13.8 Å². The molecule has 1 aromatic heterocycles. The first-order valence-electron chi connectivity index (χ1n) is 5.88. The summed E-state index contributed by atoms with van der Waals surface area (Å²) in [7, 11) is 0. The summed E-state index contributed by atoms with van der Waals surface area (Å²) in [4.78, 5) is 4.60. The number of benzene rings is 1. The molecule has 2 N–H and O–H groups in total. The molecule has 2 nitrogen and oxygen atoms in total. The van der Waals surface area contributed by atoms with E-state index in [2.05, 4.69) is 11.1 Å². The lowest BCUT2D eigenvalue weighted by Gasteiger charge is -2.10. The van der Waals surface area contributed by atoms with Gasteiger partial charge < -0.3 is 5.73 Å². The summed E-state index contributed by atoms with van der Waals surface area (Å²) in [5, 5.41) is 1.93. The molecule has 0 aliphatic rings. The molecule has 2 rings (SSSR count). The van der Waals surface area contributed by atoms with E-state index in [9.17, 15) is 0 Å². The number of aromatic nitrogens is 1. The van der Waals surface area contributed by atoms with Gasteiger partial charge >= 0.3 is 0 Å². The highest BCUT2D eigenvalue weighted by molar-refractivity contribution is 6.31. The second kappa shape index (κ2) is 5.03. The van der Waals surface area contributed by atoms with Crippen LogP contribution in [0.2, 0.25) is 5.02 Å². The number of nitrogens with two attached hydrogens (primary N) is 1. The highest BCUT2D eigenvalue weighted by Gasteiger charge is 2.07. The van der Waals surface area contributed by atoms with Crippen LogP contribution in [-0.4, -0.2) is 11.5 Å². The van der Waals surface area contributed by atoms with Crippen molar-refractivity contribution in [2.24, 2.45) is 5.73 Å². The zero-order valence-corrected chi connectivity index (χ0v) is 11.0. The molecule has 0 unspecified atom stereocenters. The van der Waals surface area contributed by atoms with Gasteiger partial charge in [-0.25, -0.2) is 0 Å². The number of pyridine rings is 1. The van der Waals surface area contributed by atoms with Gasteiger partial charge in [0.2, 0.25) is 0 Å². The Morgan fingerprint density at radius 3 is 2.71 bits per heavy atom. The van der Waals surface area contributed by atoms with Crippen LogP contribution in [-0.2, 0) is 6.42 Å². The Kier molecular flexibility index (Phi) is 3.65. The summed E-state index contributed by atoms with van der Waals surface area (Å²) in [6.45, 7) is 4.79. The quantitative estimate of drug-likeness (QED) is 0.904. The van der Waals surface area contributed by atoms with E-state index in [0.29, 0.717) is 6.54 Å². The molecule has 17 heavy (non-hydrogen) atoms. The van der Waals surface area contributed by atoms with Gasteiger partial charge in [0, 0.05) is 16.1 Å². The Morgan fingerprint density at radius 1 is 1.24 bits per heavy atom. The smallest absolute Gasteiger partial charge is 0.0738 e. The Labute approximate surface area is 107 Å². The second-order valence-corrected chi connectivity index (χ2v) is 4.87. The van der Waals surface area contributed by atoms with Gasteiger partial charge in [-0.2, -0.15) is 0 Å². The molecule has 1 heterocycles. The van der Waals surface area contributed by atoms with E-state index in [4.69, 9.17) is 17.3 Å². The number of hydrogen-bond donors (Lipinski definition) is 1. The van der Waals surface area contributed by atoms with E-state index < -0.39 is 0 Å². The number of aryl methyl sites for hydroxylation is 3. The van der Waals surface area contributed by atoms with Crippen molar-refractivity contribution in [1.82, 2.24) is 4.98 Å². The zero-order chi connectivity index (χ0) is 12.4. The minimum absolute atomic E-state index is 0.711. The van der Waals surface area contributed by atoms with E-state index >= 15 is 0 Å². The Morgan fingerprint density at radius 2 is 2.00 bits per heavy atom. The zero-order valence-electron chi connectivity index (χ0n) is 10.3. The van der Waals surface area contributed by atoms with Crippen LogP contribution in [0.1, 0.15) is 23.2 Å². The van der Waals surface area contributed by atoms with Crippen LogP contribution in [0.3, 0.4) is 0 Å². The largest absolute Gasteiger partial charge is 0.330 e. The van der Waals surface area contributed by atoms with Gasteiger partial charge in [0.15, 0.2) is 0 Å². The molecule has 0 radical (unpaired) electrons. The van der Waals surface area contributed by atoms with Crippen LogP contribution in [0.4, 0.5) is 0 Å².